The highest BCUT2D eigenvalue weighted by atomic mass is 35.5. The average Bonchev–Trinajstić information content (AvgIpc) is 2.93. The summed E-state index contributed by atoms with van der Waals surface area (Å²) in [5.74, 6) is 0.701. The van der Waals surface area contributed by atoms with Gasteiger partial charge in [-0.3, -0.25) is 4.68 Å². The lowest BCUT2D eigenvalue weighted by atomic mass is 10.0. The molecule has 3 rings (SSSR count). The Morgan fingerprint density at radius 1 is 1.35 bits per heavy atom. The van der Waals surface area contributed by atoms with Crippen molar-refractivity contribution in [1.29, 1.82) is 0 Å². The lowest BCUT2D eigenvalue weighted by Crippen LogP contribution is -2.13. The maximum Gasteiger partial charge on any atom is 0.135 e. The Balaban J connectivity index is 2.13. The molecule has 4 nitrogen and oxygen atoms in total. The van der Waals surface area contributed by atoms with Gasteiger partial charge in [-0.15, -0.1) is 0 Å². The highest BCUT2D eigenvalue weighted by Gasteiger charge is 2.22. The Hall–Kier alpha value is -1.78. The molecule has 1 aromatic carbocycles. The number of benzene rings is 1. The first-order chi connectivity index (χ1) is 9.49. The summed E-state index contributed by atoms with van der Waals surface area (Å²) in [5, 5.41) is 5.96. The molecule has 0 aliphatic rings. The number of nitrogens with two attached hydrogens (primary N) is 1. The number of fused-ring (bicyclic) bond motifs is 1. The minimum Gasteiger partial charge on any atom is -0.459 e. The Kier molecular flexibility index (Phi) is 3.07. The van der Waals surface area contributed by atoms with E-state index in [4.69, 9.17) is 21.8 Å². The lowest BCUT2D eigenvalue weighted by molar-refractivity contribution is 0.523. The summed E-state index contributed by atoms with van der Waals surface area (Å²) in [6, 6.07) is 7.17. The quantitative estimate of drug-likeness (QED) is 0.786. The van der Waals surface area contributed by atoms with E-state index in [9.17, 15) is 0 Å². The predicted octanol–water partition coefficient (Wildman–Crippen LogP) is 3.48. The molecular weight excluding hydrogens is 274 g/mol. The number of hydrogen-bond donors (Lipinski definition) is 1. The van der Waals surface area contributed by atoms with E-state index in [2.05, 4.69) is 5.10 Å². The van der Waals surface area contributed by atoms with Gasteiger partial charge in [-0.25, -0.2) is 0 Å². The number of halogens is 1. The van der Waals surface area contributed by atoms with Crippen molar-refractivity contribution in [1.82, 2.24) is 9.78 Å². The van der Waals surface area contributed by atoms with Gasteiger partial charge in [0, 0.05) is 23.7 Å². The van der Waals surface area contributed by atoms with Crippen molar-refractivity contribution in [2.75, 3.05) is 0 Å². The van der Waals surface area contributed by atoms with Crippen LogP contribution in [-0.4, -0.2) is 9.78 Å². The van der Waals surface area contributed by atoms with E-state index >= 15 is 0 Å². The number of aromatic nitrogens is 2. The van der Waals surface area contributed by atoms with Gasteiger partial charge in [0.1, 0.15) is 11.3 Å². The zero-order chi connectivity index (χ0) is 14.4. The highest BCUT2D eigenvalue weighted by molar-refractivity contribution is 6.35. The van der Waals surface area contributed by atoms with Crippen molar-refractivity contribution >= 4 is 22.6 Å². The van der Waals surface area contributed by atoms with Crippen LogP contribution >= 0.6 is 11.6 Å². The summed E-state index contributed by atoms with van der Waals surface area (Å²) in [4.78, 5) is 0. The van der Waals surface area contributed by atoms with Crippen LogP contribution < -0.4 is 5.73 Å². The van der Waals surface area contributed by atoms with Gasteiger partial charge in [-0.05, 0) is 32.0 Å². The zero-order valence-electron chi connectivity index (χ0n) is 11.6. The number of nitrogens with zero attached hydrogens (tertiary/aromatic N) is 2. The maximum absolute atomic E-state index is 6.36. The Labute approximate surface area is 122 Å². The minimum atomic E-state index is -0.341. The van der Waals surface area contributed by atoms with E-state index < -0.39 is 0 Å². The van der Waals surface area contributed by atoms with Crippen molar-refractivity contribution < 1.29 is 4.42 Å². The third-order valence-electron chi connectivity index (χ3n) is 3.71. The van der Waals surface area contributed by atoms with E-state index in [-0.39, 0.29) is 6.04 Å². The Bertz CT molecular complexity index is 788. The summed E-state index contributed by atoms with van der Waals surface area (Å²) >= 11 is 6.17. The summed E-state index contributed by atoms with van der Waals surface area (Å²) < 4.78 is 7.67. The first-order valence-corrected chi connectivity index (χ1v) is 6.80. The van der Waals surface area contributed by atoms with Crippen LogP contribution in [0.25, 0.3) is 11.0 Å². The first-order valence-electron chi connectivity index (χ1n) is 6.42. The highest BCUT2D eigenvalue weighted by Crippen LogP contribution is 2.32. The SMILES string of the molecule is Cc1nn(C)c(C)c1C(N)c1cc2c(Cl)cccc2o1. The standard InChI is InChI=1S/C15H16ClN3O/c1-8-14(9(2)19(3)18-8)15(17)13-7-10-11(16)5-4-6-12(10)20-13/h4-7,15H,17H2,1-3H3. The van der Waals surface area contributed by atoms with Gasteiger partial charge in [-0.1, -0.05) is 17.7 Å². The fourth-order valence-corrected chi connectivity index (χ4v) is 2.80. The number of furan rings is 1. The van der Waals surface area contributed by atoms with Crippen LogP contribution in [-0.2, 0) is 7.05 Å². The molecular formula is C15H16ClN3O. The molecule has 3 aromatic rings. The average molecular weight is 290 g/mol. The molecule has 1 unspecified atom stereocenters. The molecule has 2 heterocycles. The summed E-state index contributed by atoms with van der Waals surface area (Å²) in [5.41, 5.74) is 10.1. The maximum atomic E-state index is 6.36. The molecule has 0 radical (unpaired) electrons. The third-order valence-corrected chi connectivity index (χ3v) is 4.04. The van der Waals surface area contributed by atoms with Crippen LogP contribution in [0.1, 0.15) is 28.8 Å². The minimum absolute atomic E-state index is 0.341. The second kappa shape index (κ2) is 4.65. The normalized spacial score (nSPS) is 13.1. The molecule has 2 N–H and O–H groups in total. The van der Waals surface area contributed by atoms with E-state index in [0.717, 1.165) is 27.9 Å². The molecule has 0 fully saturated rings. The van der Waals surface area contributed by atoms with Gasteiger partial charge < -0.3 is 10.2 Å². The summed E-state index contributed by atoms with van der Waals surface area (Å²) in [7, 11) is 1.91. The van der Waals surface area contributed by atoms with Gasteiger partial charge in [0.2, 0.25) is 0 Å². The third kappa shape index (κ3) is 1.92. The molecule has 104 valence electrons. The molecule has 0 saturated heterocycles. The van der Waals surface area contributed by atoms with E-state index in [1.54, 1.807) is 0 Å². The van der Waals surface area contributed by atoms with Crippen LogP contribution in [0.4, 0.5) is 0 Å². The molecule has 0 spiro atoms. The van der Waals surface area contributed by atoms with Crippen molar-refractivity contribution in [2.45, 2.75) is 19.9 Å². The largest absolute Gasteiger partial charge is 0.459 e. The van der Waals surface area contributed by atoms with Crippen LogP contribution in [0.2, 0.25) is 5.02 Å². The van der Waals surface area contributed by atoms with E-state index in [1.165, 1.54) is 0 Å². The van der Waals surface area contributed by atoms with E-state index in [1.807, 2.05) is 49.8 Å². The van der Waals surface area contributed by atoms with Crippen LogP contribution in [0.3, 0.4) is 0 Å². The second-order valence-corrected chi connectivity index (χ2v) is 5.39. The molecule has 1 atom stereocenters. The Morgan fingerprint density at radius 2 is 2.10 bits per heavy atom. The monoisotopic (exact) mass is 289 g/mol. The number of hydrogen-bond acceptors (Lipinski definition) is 3. The van der Waals surface area contributed by atoms with Crippen molar-refractivity contribution in [3.8, 4) is 0 Å². The van der Waals surface area contributed by atoms with E-state index in [0.29, 0.717) is 10.8 Å². The van der Waals surface area contributed by atoms with Crippen molar-refractivity contribution in [3.63, 3.8) is 0 Å². The van der Waals surface area contributed by atoms with Crippen LogP contribution in [0, 0.1) is 13.8 Å². The number of rotatable bonds is 2. The predicted molar refractivity (Wildman–Crippen MR) is 79.9 cm³/mol. The van der Waals surface area contributed by atoms with Crippen LogP contribution in [0.15, 0.2) is 28.7 Å². The van der Waals surface area contributed by atoms with Gasteiger partial charge in [0.25, 0.3) is 0 Å². The van der Waals surface area contributed by atoms with Crippen LogP contribution in [0.5, 0.6) is 0 Å². The fourth-order valence-electron chi connectivity index (χ4n) is 2.58. The molecule has 5 heteroatoms. The van der Waals surface area contributed by atoms with Gasteiger partial charge in [0.05, 0.1) is 16.8 Å². The molecule has 0 amide bonds. The molecule has 20 heavy (non-hydrogen) atoms. The first kappa shape index (κ1) is 13.2. The van der Waals surface area contributed by atoms with Gasteiger partial charge in [0.15, 0.2) is 0 Å². The molecule has 0 bridgehead atoms. The number of aryl methyl sites for hydroxylation is 2. The van der Waals surface area contributed by atoms with Gasteiger partial charge in [-0.2, -0.15) is 5.10 Å². The zero-order valence-corrected chi connectivity index (χ0v) is 12.4. The molecule has 0 saturated carbocycles. The summed E-state index contributed by atoms with van der Waals surface area (Å²) in [6.07, 6.45) is 0. The fraction of sp³-hybridized carbons (Fsp3) is 0.267. The van der Waals surface area contributed by atoms with Crippen molar-refractivity contribution in [2.24, 2.45) is 12.8 Å². The molecule has 0 aliphatic heterocycles. The smallest absolute Gasteiger partial charge is 0.135 e. The summed E-state index contributed by atoms with van der Waals surface area (Å²) in [6.45, 7) is 3.96. The van der Waals surface area contributed by atoms with Crippen molar-refractivity contribution in [3.05, 3.63) is 52.0 Å². The van der Waals surface area contributed by atoms with Gasteiger partial charge >= 0.3 is 0 Å². The topological polar surface area (TPSA) is 57.0 Å². The Morgan fingerprint density at radius 3 is 2.70 bits per heavy atom. The molecule has 0 aliphatic carbocycles. The lowest BCUT2D eigenvalue weighted by Gasteiger charge is -2.09. The second-order valence-electron chi connectivity index (χ2n) is 4.99. The molecule has 2 aromatic heterocycles.